The molecule has 0 aliphatic carbocycles. The van der Waals surface area contributed by atoms with Crippen LogP contribution in [-0.2, 0) is 6.42 Å². The first-order valence-corrected chi connectivity index (χ1v) is 6.43. The highest BCUT2D eigenvalue weighted by molar-refractivity contribution is 6.30. The molecular weight excluding hydrogens is 248 g/mol. The fourth-order valence-corrected chi connectivity index (χ4v) is 1.79. The van der Waals surface area contributed by atoms with Gasteiger partial charge in [-0.2, -0.15) is 5.10 Å². The van der Waals surface area contributed by atoms with Crippen LogP contribution < -0.4 is 5.32 Å². The number of aromatic amines is 1. The standard InChI is InChI=1S/C13H17ClN4/c1-9(2)13-16-12(17-18-13)6-7-15-11-5-3-4-10(14)8-11/h3-5,8-9,15H,6-7H2,1-2H3,(H,16,17,18). The lowest BCUT2D eigenvalue weighted by Gasteiger charge is -2.04. The first kappa shape index (κ1) is 12.9. The van der Waals surface area contributed by atoms with Crippen LogP contribution in [0.15, 0.2) is 24.3 Å². The molecule has 0 unspecified atom stereocenters. The molecule has 2 N–H and O–H groups in total. The van der Waals surface area contributed by atoms with E-state index in [0.29, 0.717) is 5.92 Å². The van der Waals surface area contributed by atoms with Gasteiger partial charge in [0.25, 0.3) is 0 Å². The van der Waals surface area contributed by atoms with Gasteiger partial charge in [0.15, 0.2) is 5.82 Å². The van der Waals surface area contributed by atoms with Crippen LogP contribution in [0.1, 0.15) is 31.4 Å². The van der Waals surface area contributed by atoms with Crippen molar-refractivity contribution in [3.8, 4) is 0 Å². The molecule has 0 radical (unpaired) electrons. The highest BCUT2D eigenvalue weighted by atomic mass is 35.5. The zero-order chi connectivity index (χ0) is 13.0. The summed E-state index contributed by atoms with van der Waals surface area (Å²) >= 11 is 5.91. The Bertz CT molecular complexity index is 507. The molecule has 0 saturated heterocycles. The Balaban J connectivity index is 1.84. The zero-order valence-electron chi connectivity index (χ0n) is 10.6. The smallest absolute Gasteiger partial charge is 0.153 e. The van der Waals surface area contributed by atoms with E-state index in [1.54, 1.807) is 0 Å². The minimum atomic E-state index is 0.357. The second kappa shape index (κ2) is 5.87. The Morgan fingerprint density at radius 2 is 2.22 bits per heavy atom. The van der Waals surface area contributed by atoms with Crippen molar-refractivity contribution in [3.63, 3.8) is 0 Å². The van der Waals surface area contributed by atoms with Gasteiger partial charge in [0.05, 0.1) is 0 Å². The van der Waals surface area contributed by atoms with Gasteiger partial charge in [0, 0.05) is 29.6 Å². The molecular formula is C13H17ClN4. The number of nitrogens with one attached hydrogen (secondary N) is 2. The van der Waals surface area contributed by atoms with Gasteiger partial charge in [-0.15, -0.1) is 0 Å². The Morgan fingerprint density at radius 3 is 2.89 bits per heavy atom. The summed E-state index contributed by atoms with van der Waals surface area (Å²) in [6.07, 6.45) is 0.812. The highest BCUT2D eigenvalue weighted by Gasteiger charge is 2.06. The number of benzene rings is 1. The lowest BCUT2D eigenvalue weighted by Crippen LogP contribution is -2.06. The van der Waals surface area contributed by atoms with Crippen LogP contribution in [0.25, 0.3) is 0 Å². The summed E-state index contributed by atoms with van der Waals surface area (Å²) in [7, 11) is 0. The number of rotatable bonds is 5. The van der Waals surface area contributed by atoms with Gasteiger partial charge in [-0.05, 0) is 18.2 Å². The number of halogens is 1. The van der Waals surface area contributed by atoms with Gasteiger partial charge in [-0.3, -0.25) is 5.10 Å². The predicted molar refractivity (Wildman–Crippen MR) is 74.1 cm³/mol. The molecule has 1 heterocycles. The third-order valence-electron chi connectivity index (χ3n) is 2.58. The summed E-state index contributed by atoms with van der Waals surface area (Å²) < 4.78 is 0. The summed E-state index contributed by atoms with van der Waals surface area (Å²) in [6, 6.07) is 7.68. The normalized spacial score (nSPS) is 10.9. The van der Waals surface area contributed by atoms with E-state index in [1.807, 2.05) is 24.3 Å². The van der Waals surface area contributed by atoms with Crippen molar-refractivity contribution >= 4 is 17.3 Å². The molecule has 1 aromatic carbocycles. The second-order valence-corrected chi connectivity index (χ2v) is 4.92. The summed E-state index contributed by atoms with van der Waals surface area (Å²) in [5.74, 6) is 2.14. The Hall–Kier alpha value is -1.55. The average molecular weight is 265 g/mol. The lowest BCUT2D eigenvalue weighted by molar-refractivity contribution is 0.780. The average Bonchev–Trinajstić information content (AvgIpc) is 2.78. The maximum atomic E-state index is 5.91. The first-order chi connectivity index (χ1) is 8.65. The van der Waals surface area contributed by atoms with Crippen LogP contribution in [-0.4, -0.2) is 21.7 Å². The third-order valence-corrected chi connectivity index (χ3v) is 2.82. The Kier molecular flexibility index (Phi) is 4.20. The van der Waals surface area contributed by atoms with Crippen molar-refractivity contribution < 1.29 is 0 Å². The fourth-order valence-electron chi connectivity index (χ4n) is 1.60. The molecule has 4 nitrogen and oxygen atoms in total. The molecule has 1 aromatic heterocycles. The van der Waals surface area contributed by atoms with E-state index in [4.69, 9.17) is 11.6 Å². The molecule has 5 heteroatoms. The van der Waals surface area contributed by atoms with Crippen molar-refractivity contribution in [3.05, 3.63) is 40.9 Å². The highest BCUT2D eigenvalue weighted by Crippen LogP contribution is 2.14. The molecule has 0 aliphatic heterocycles. The molecule has 0 fully saturated rings. The number of anilines is 1. The summed E-state index contributed by atoms with van der Waals surface area (Å²) in [4.78, 5) is 4.43. The van der Waals surface area contributed by atoms with Crippen molar-refractivity contribution in [2.75, 3.05) is 11.9 Å². The third kappa shape index (κ3) is 3.47. The Morgan fingerprint density at radius 1 is 1.39 bits per heavy atom. The molecule has 0 bridgehead atoms. The molecule has 0 spiro atoms. The monoisotopic (exact) mass is 264 g/mol. The van der Waals surface area contributed by atoms with E-state index in [9.17, 15) is 0 Å². The maximum Gasteiger partial charge on any atom is 0.153 e. The van der Waals surface area contributed by atoms with Crippen molar-refractivity contribution in [2.45, 2.75) is 26.2 Å². The number of nitrogens with zero attached hydrogens (tertiary/aromatic N) is 2. The van der Waals surface area contributed by atoms with E-state index < -0.39 is 0 Å². The van der Waals surface area contributed by atoms with E-state index in [-0.39, 0.29) is 0 Å². The molecule has 0 saturated carbocycles. The number of aromatic nitrogens is 3. The van der Waals surface area contributed by atoms with Gasteiger partial charge < -0.3 is 5.32 Å². The van der Waals surface area contributed by atoms with Crippen LogP contribution in [0.3, 0.4) is 0 Å². The quantitative estimate of drug-likeness (QED) is 0.872. The number of H-pyrrole nitrogens is 1. The zero-order valence-corrected chi connectivity index (χ0v) is 11.3. The molecule has 0 aliphatic rings. The van der Waals surface area contributed by atoms with E-state index in [1.165, 1.54) is 0 Å². The van der Waals surface area contributed by atoms with Crippen molar-refractivity contribution in [1.82, 2.24) is 15.2 Å². The minimum absolute atomic E-state index is 0.357. The predicted octanol–water partition coefficient (Wildman–Crippen LogP) is 3.24. The van der Waals surface area contributed by atoms with Gasteiger partial charge >= 0.3 is 0 Å². The molecule has 0 atom stereocenters. The summed E-state index contributed by atoms with van der Waals surface area (Å²) in [5, 5.41) is 11.2. The minimum Gasteiger partial charge on any atom is -0.385 e. The molecule has 18 heavy (non-hydrogen) atoms. The first-order valence-electron chi connectivity index (χ1n) is 6.06. The van der Waals surface area contributed by atoms with E-state index >= 15 is 0 Å². The number of hydrogen-bond donors (Lipinski definition) is 2. The van der Waals surface area contributed by atoms with Crippen molar-refractivity contribution in [2.24, 2.45) is 0 Å². The second-order valence-electron chi connectivity index (χ2n) is 4.48. The van der Waals surface area contributed by atoms with Gasteiger partial charge in [0.1, 0.15) is 5.82 Å². The van der Waals surface area contributed by atoms with Crippen LogP contribution in [0.2, 0.25) is 5.02 Å². The summed E-state index contributed by atoms with van der Waals surface area (Å²) in [6.45, 7) is 4.96. The molecule has 96 valence electrons. The molecule has 0 amide bonds. The fraction of sp³-hybridized carbons (Fsp3) is 0.385. The number of hydrogen-bond acceptors (Lipinski definition) is 3. The van der Waals surface area contributed by atoms with Crippen molar-refractivity contribution in [1.29, 1.82) is 0 Å². The summed E-state index contributed by atoms with van der Waals surface area (Å²) in [5.41, 5.74) is 1.02. The lowest BCUT2D eigenvalue weighted by atomic mass is 10.2. The maximum absolute atomic E-state index is 5.91. The van der Waals surface area contributed by atoms with E-state index in [0.717, 1.165) is 35.3 Å². The van der Waals surface area contributed by atoms with Gasteiger partial charge in [-0.1, -0.05) is 31.5 Å². The Labute approximate surface area is 112 Å². The van der Waals surface area contributed by atoms with Crippen LogP contribution in [0.5, 0.6) is 0 Å². The van der Waals surface area contributed by atoms with Crippen LogP contribution >= 0.6 is 11.6 Å². The molecule has 2 aromatic rings. The van der Waals surface area contributed by atoms with Crippen LogP contribution in [0.4, 0.5) is 5.69 Å². The van der Waals surface area contributed by atoms with Crippen LogP contribution in [0, 0.1) is 0 Å². The largest absolute Gasteiger partial charge is 0.385 e. The van der Waals surface area contributed by atoms with Gasteiger partial charge in [-0.25, -0.2) is 4.98 Å². The SMILES string of the molecule is CC(C)c1n[nH]c(CCNc2cccc(Cl)c2)n1. The van der Waals surface area contributed by atoms with E-state index in [2.05, 4.69) is 34.3 Å². The molecule has 2 rings (SSSR count). The topological polar surface area (TPSA) is 53.6 Å². The van der Waals surface area contributed by atoms with Gasteiger partial charge in [0.2, 0.25) is 0 Å².